The third-order valence-electron chi connectivity index (χ3n) is 3.13. The molecule has 5 heteroatoms. The lowest BCUT2D eigenvalue weighted by Crippen LogP contribution is -2.04. The molecule has 0 bridgehead atoms. The quantitative estimate of drug-likeness (QED) is 0.476. The molecular weight excluding hydrogens is 284 g/mol. The molecule has 0 fully saturated rings. The van der Waals surface area contributed by atoms with Crippen LogP contribution in [-0.4, -0.2) is 11.7 Å². The highest BCUT2D eigenvalue weighted by Gasteiger charge is 2.15. The zero-order chi connectivity index (χ0) is 15.9. The molecule has 0 radical (unpaired) electrons. The second-order valence-electron chi connectivity index (χ2n) is 4.79. The van der Waals surface area contributed by atoms with E-state index in [0.717, 1.165) is 19.3 Å². The van der Waals surface area contributed by atoms with E-state index in [4.69, 9.17) is 13.9 Å². The van der Waals surface area contributed by atoms with Crippen molar-refractivity contribution < 1.29 is 19.0 Å². The van der Waals surface area contributed by atoms with Crippen molar-refractivity contribution in [2.75, 3.05) is 6.61 Å². The molecule has 0 saturated carbocycles. The second-order valence-corrected chi connectivity index (χ2v) is 4.79. The van der Waals surface area contributed by atoms with Gasteiger partial charge in [-0.05, 0) is 38.0 Å². The Hall–Kier alpha value is -2.43. The Labute approximate surface area is 128 Å². The van der Waals surface area contributed by atoms with Crippen molar-refractivity contribution in [3.05, 3.63) is 41.0 Å². The maximum absolute atomic E-state index is 11.9. The van der Waals surface area contributed by atoms with Gasteiger partial charge in [0.15, 0.2) is 5.75 Å². The largest absolute Gasteiger partial charge is 0.504 e. The molecule has 0 saturated heterocycles. The van der Waals surface area contributed by atoms with Crippen LogP contribution in [0.15, 0.2) is 39.7 Å². The van der Waals surface area contributed by atoms with Crippen molar-refractivity contribution >= 4 is 11.0 Å². The zero-order valence-corrected chi connectivity index (χ0v) is 12.8. The number of unbranched alkanes of at least 4 members (excludes halogenated alkanes) is 2. The minimum Gasteiger partial charge on any atom is -0.504 e. The maximum atomic E-state index is 11.9. The average Bonchev–Trinajstić information content (AvgIpc) is 2.50. The number of aromatic hydroxyl groups is 1. The molecular formula is C17H20O5. The number of hydrogen-bond acceptors (Lipinski definition) is 5. The molecule has 0 spiro atoms. The number of ether oxygens (including phenoxy) is 2. The highest BCUT2D eigenvalue weighted by Crippen LogP contribution is 2.33. The Balaban J connectivity index is 2.30. The molecule has 2 aromatic rings. The maximum Gasteiger partial charge on any atom is 0.383 e. The van der Waals surface area contributed by atoms with E-state index in [1.807, 2.05) is 13.0 Å². The lowest BCUT2D eigenvalue weighted by molar-refractivity contribution is 0.339. The molecule has 1 N–H and O–H groups in total. The molecule has 22 heavy (non-hydrogen) atoms. The SMILES string of the molecule is CCCC/C=C/Oc1c(O)c2ccc(OCC)cc2oc1=O. The lowest BCUT2D eigenvalue weighted by Gasteiger charge is -2.07. The van der Waals surface area contributed by atoms with Crippen LogP contribution in [0.4, 0.5) is 0 Å². The number of hydrogen-bond donors (Lipinski definition) is 1. The van der Waals surface area contributed by atoms with Crippen LogP contribution in [0.1, 0.15) is 33.1 Å². The normalized spacial score (nSPS) is 11.2. The zero-order valence-electron chi connectivity index (χ0n) is 12.8. The van der Waals surface area contributed by atoms with Crippen molar-refractivity contribution in [1.82, 2.24) is 0 Å². The number of rotatable bonds is 7. The van der Waals surface area contributed by atoms with Gasteiger partial charge in [-0.3, -0.25) is 0 Å². The first-order valence-corrected chi connectivity index (χ1v) is 7.41. The fourth-order valence-corrected chi connectivity index (χ4v) is 2.01. The summed E-state index contributed by atoms with van der Waals surface area (Å²) in [5.41, 5.74) is -0.463. The summed E-state index contributed by atoms with van der Waals surface area (Å²) in [5, 5.41) is 10.6. The Morgan fingerprint density at radius 2 is 2.14 bits per heavy atom. The van der Waals surface area contributed by atoms with Gasteiger partial charge in [0, 0.05) is 6.07 Å². The molecule has 2 rings (SSSR count). The van der Waals surface area contributed by atoms with Crippen LogP contribution >= 0.6 is 0 Å². The number of allylic oxidation sites excluding steroid dienone is 1. The van der Waals surface area contributed by atoms with E-state index in [1.54, 1.807) is 18.2 Å². The monoisotopic (exact) mass is 304 g/mol. The Bertz CT molecular complexity index is 715. The lowest BCUT2D eigenvalue weighted by atomic mass is 10.2. The van der Waals surface area contributed by atoms with Gasteiger partial charge >= 0.3 is 5.63 Å². The molecule has 1 heterocycles. The molecule has 1 aromatic carbocycles. The van der Waals surface area contributed by atoms with E-state index in [0.29, 0.717) is 17.7 Å². The molecule has 0 unspecified atom stereocenters. The summed E-state index contributed by atoms with van der Waals surface area (Å²) in [6, 6.07) is 4.90. The van der Waals surface area contributed by atoms with Crippen LogP contribution in [0.5, 0.6) is 17.2 Å². The predicted octanol–water partition coefficient (Wildman–Crippen LogP) is 3.98. The van der Waals surface area contributed by atoms with Gasteiger partial charge in [0.1, 0.15) is 11.3 Å². The molecule has 5 nitrogen and oxygen atoms in total. The van der Waals surface area contributed by atoms with E-state index in [9.17, 15) is 9.90 Å². The van der Waals surface area contributed by atoms with Gasteiger partial charge in [-0.15, -0.1) is 0 Å². The second kappa shape index (κ2) is 7.54. The highest BCUT2D eigenvalue weighted by molar-refractivity contribution is 5.86. The Morgan fingerprint density at radius 3 is 2.86 bits per heavy atom. The van der Waals surface area contributed by atoms with E-state index in [2.05, 4.69) is 6.92 Å². The van der Waals surface area contributed by atoms with Crippen LogP contribution in [0.25, 0.3) is 11.0 Å². The van der Waals surface area contributed by atoms with E-state index < -0.39 is 5.63 Å². The van der Waals surface area contributed by atoms with Gasteiger partial charge in [-0.2, -0.15) is 0 Å². The van der Waals surface area contributed by atoms with Gasteiger partial charge < -0.3 is 19.0 Å². The van der Waals surface area contributed by atoms with Crippen molar-refractivity contribution in [2.24, 2.45) is 0 Å². The van der Waals surface area contributed by atoms with Crippen LogP contribution in [0, 0.1) is 0 Å². The third kappa shape index (κ3) is 3.61. The van der Waals surface area contributed by atoms with Crippen LogP contribution in [-0.2, 0) is 0 Å². The van der Waals surface area contributed by atoms with Crippen molar-refractivity contribution in [1.29, 1.82) is 0 Å². The fourth-order valence-electron chi connectivity index (χ4n) is 2.01. The molecule has 0 amide bonds. The summed E-state index contributed by atoms with van der Waals surface area (Å²) < 4.78 is 15.8. The minimum atomic E-state index is -0.723. The third-order valence-corrected chi connectivity index (χ3v) is 3.13. The van der Waals surface area contributed by atoms with Crippen molar-refractivity contribution in [3.63, 3.8) is 0 Å². The van der Waals surface area contributed by atoms with Crippen molar-refractivity contribution in [2.45, 2.75) is 33.1 Å². The van der Waals surface area contributed by atoms with Crippen LogP contribution in [0.3, 0.4) is 0 Å². The average molecular weight is 304 g/mol. The first kappa shape index (κ1) is 15.9. The predicted molar refractivity (Wildman–Crippen MR) is 84.6 cm³/mol. The van der Waals surface area contributed by atoms with Gasteiger partial charge in [0.05, 0.1) is 18.3 Å². The summed E-state index contributed by atoms with van der Waals surface area (Å²) in [4.78, 5) is 11.9. The van der Waals surface area contributed by atoms with Gasteiger partial charge in [0.2, 0.25) is 0 Å². The molecule has 0 aliphatic rings. The number of fused-ring (bicyclic) bond motifs is 1. The van der Waals surface area contributed by atoms with Gasteiger partial charge in [-0.1, -0.05) is 13.3 Å². The smallest absolute Gasteiger partial charge is 0.383 e. The van der Waals surface area contributed by atoms with Gasteiger partial charge in [0.25, 0.3) is 5.75 Å². The van der Waals surface area contributed by atoms with Gasteiger partial charge in [-0.25, -0.2) is 4.79 Å². The first-order chi connectivity index (χ1) is 10.7. The van der Waals surface area contributed by atoms with Crippen molar-refractivity contribution in [3.8, 4) is 17.2 Å². The molecule has 1 aromatic heterocycles. The molecule has 0 aliphatic heterocycles. The van der Waals surface area contributed by atoms with E-state index in [-0.39, 0.29) is 17.1 Å². The van der Waals surface area contributed by atoms with Crippen LogP contribution < -0.4 is 15.1 Å². The number of benzene rings is 1. The molecule has 0 atom stereocenters. The summed E-state index contributed by atoms with van der Waals surface area (Å²) >= 11 is 0. The summed E-state index contributed by atoms with van der Waals surface area (Å²) in [6.07, 6.45) is 6.19. The molecule has 118 valence electrons. The standard InChI is InChI=1S/C17H20O5/c1-3-5-6-7-10-21-16-15(18)13-9-8-12(20-4-2)11-14(13)22-17(16)19/h7-11,18H,3-6H2,1-2H3/b10-7+. The topological polar surface area (TPSA) is 68.9 Å². The van der Waals surface area contributed by atoms with E-state index in [1.165, 1.54) is 6.26 Å². The summed E-state index contributed by atoms with van der Waals surface area (Å²) in [5.74, 6) is 0.143. The Morgan fingerprint density at radius 1 is 1.32 bits per heavy atom. The minimum absolute atomic E-state index is 0.204. The summed E-state index contributed by atoms with van der Waals surface area (Å²) in [7, 11) is 0. The fraction of sp³-hybridized carbons (Fsp3) is 0.353. The Kier molecular flexibility index (Phi) is 5.47. The summed E-state index contributed by atoms with van der Waals surface area (Å²) in [6.45, 7) is 4.46. The first-order valence-electron chi connectivity index (χ1n) is 7.41. The van der Waals surface area contributed by atoms with Crippen LogP contribution in [0.2, 0.25) is 0 Å². The molecule has 0 aliphatic carbocycles. The van der Waals surface area contributed by atoms with E-state index >= 15 is 0 Å². The highest BCUT2D eigenvalue weighted by atomic mass is 16.5.